The molecule has 1 N–H and O–H groups in total. The van der Waals surface area contributed by atoms with Gasteiger partial charge in [-0.25, -0.2) is 0 Å². The average Bonchev–Trinajstić information content (AvgIpc) is 2.93. The van der Waals surface area contributed by atoms with Crippen LogP contribution in [0.25, 0.3) is 0 Å². The van der Waals surface area contributed by atoms with E-state index in [1.54, 1.807) is 0 Å². The molecule has 3 heteroatoms. The summed E-state index contributed by atoms with van der Waals surface area (Å²) in [6.45, 7) is 4.72. The van der Waals surface area contributed by atoms with Crippen LogP contribution < -0.4 is 5.32 Å². The Hall–Kier alpha value is -0.570. The third-order valence-electron chi connectivity index (χ3n) is 2.08. The minimum Gasteiger partial charge on any atom is -0.465 e. The predicted octanol–water partition coefficient (Wildman–Crippen LogP) is 1.33. The molecule has 0 saturated heterocycles. The van der Waals surface area contributed by atoms with Crippen molar-refractivity contribution in [2.75, 3.05) is 19.7 Å². The molecule has 0 atom stereocenters. The van der Waals surface area contributed by atoms with E-state index < -0.39 is 0 Å². The summed E-state index contributed by atoms with van der Waals surface area (Å²) in [6, 6.07) is 0. The van der Waals surface area contributed by atoms with Crippen LogP contribution in [0.3, 0.4) is 0 Å². The van der Waals surface area contributed by atoms with E-state index in [0.717, 1.165) is 38.8 Å². The number of nitrogens with one attached hydrogen (secondary N) is 1. The molecule has 3 nitrogen and oxygen atoms in total. The number of hydrogen-bond donors (Lipinski definition) is 1. The normalized spacial score (nSPS) is 15.8. The lowest BCUT2D eigenvalue weighted by atomic mass is 10.4. The maximum Gasteiger partial charge on any atom is 0.308 e. The van der Waals surface area contributed by atoms with Crippen molar-refractivity contribution in [3.63, 3.8) is 0 Å². The second-order valence-corrected chi connectivity index (χ2v) is 3.55. The first-order valence-electron chi connectivity index (χ1n) is 5.22. The minimum absolute atomic E-state index is 0.00971. The van der Waals surface area contributed by atoms with Crippen molar-refractivity contribution in [2.24, 2.45) is 5.92 Å². The van der Waals surface area contributed by atoms with E-state index in [0.29, 0.717) is 6.61 Å². The SMILES string of the molecule is CCCNCCCOC(=O)C1CC1. The van der Waals surface area contributed by atoms with Crippen LogP contribution in [0.1, 0.15) is 32.6 Å². The first-order valence-corrected chi connectivity index (χ1v) is 5.22. The van der Waals surface area contributed by atoms with Crippen LogP contribution in [0.15, 0.2) is 0 Å². The summed E-state index contributed by atoms with van der Waals surface area (Å²) >= 11 is 0. The number of hydrogen-bond acceptors (Lipinski definition) is 3. The molecule has 13 heavy (non-hydrogen) atoms. The summed E-state index contributed by atoms with van der Waals surface area (Å²) < 4.78 is 5.07. The molecular weight excluding hydrogens is 166 g/mol. The fourth-order valence-electron chi connectivity index (χ4n) is 1.11. The molecule has 76 valence electrons. The first-order chi connectivity index (χ1) is 6.34. The van der Waals surface area contributed by atoms with Crippen LogP contribution in [0.5, 0.6) is 0 Å². The van der Waals surface area contributed by atoms with Gasteiger partial charge in [0, 0.05) is 0 Å². The zero-order valence-electron chi connectivity index (χ0n) is 8.34. The van der Waals surface area contributed by atoms with Gasteiger partial charge in [0.1, 0.15) is 0 Å². The van der Waals surface area contributed by atoms with E-state index in [-0.39, 0.29) is 11.9 Å². The van der Waals surface area contributed by atoms with Gasteiger partial charge in [-0.05, 0) is 38.8 Å². The Morgan fingerprint density at radius 3 is 2.85 bits per heavy atom. The molecule has 0 unspecified atom stereocenters. The summed E-state index contributed by atoms with van der Waals surface area (Å²) in [7, 11) is 0. The summed E-state index contributed by atoms with van der Waals surface area (Å²) in [5, 5.41) is 3.26. The van der Waals surface area contributed by atoms with E-state index in [4.69, 9.17) is 4.74 Å². The van der Waals surface area contributed by atoms with Crippen LogP contribution in [0.2, 0.25) is 0 Å². The Labute approximate surface area is 79.8 Å². The van der Waals surface area contributed by atoms with Crippen molar-refractivity contribution in [1.82, 2.24) is 5.32 Å². The number of rotatable bonds is 7. The Morgan fingerprint density at radius 1 is 1.46 bits per heavy atom. The largest absolute Gasteiger partial charge is 0.465 e. The third kappa shape index (κ3) is 4.88. The monoisotopic (exact) mass is 185 g/mol. The van der Waals surface area contributed by atoms with Crippen LogP contribution in [0.4, 0.5) is 0 Å². The quantitative estimate of drug-likeness (QED) is 0.480. The molecule has 0 aromatic rings. The first kappa shape index (κ1) is 10.5. The van der Waals surface area contributed by atoms with Gasteiger partial charge in [0.05, 0.1) is 12.5 Å². The Balaban J connectivity index is 1.80. The lowest BCUT2D eigenvalue weighted by Crippen LogP contribution is -2.18. The molecule has 0 heterocycles. The molecule has 1 rings (SSSR count). The highest BCUT2D eigenvalue weighted by Gasteiger charge is 2.30. The summed E-state index contributed by atoms with van der Waals surface area (Å²) in [6.07, 6.45) is 4.15. The minimum atomic E-state index is 0.00971. The van der Waals surface area contributed by atoms with Crippen molar-refractivity contribution in [3.05, 3.63) is 0 Å². The van der Waals surface area contributed by atoms with Crippen molar-refractivity contribution in [1.29, 1.82) is 0 Å². The standard InChI is InChI=1S/C10H19NO2/c1-2-6-11-7-3-8-13-10(12)9-4-5-9/h9,11H,2-8H2,1H3. The fraction of sp³-hybridized carbons (Fsp3) is 0.900. The number of esters is 1. The van der Waals surface area contributed by atoms with Crippen LogP contribution >= 0.6 is 0 Å². The van der Waals surface area contributed by atoms with Gasteiger partial charge in [-0.1, -0.05) is 6.92 Å². The van der Waals surface area contributed by atoms with Gasteiger partial charge in [0.2, 0.25) is 0 Å². The fourth-order valence-corrected chi connectivity index (χ4v) is 1.11. The molecule has 0 aromatic heterocycles. The highest BCUT2D eigenvalue weighted by molar-refractivity contribution is 5.74. The van der Waals surface area contributed by atoms with Gasteiger partial charge in [-0.15, -0.1) is 0 Å². The highest BCUT2D eigenvalue weighted by atomic mass is 16.5. The molecule has 0 spiro atoms. The predicted molar refractivity (Wildman–Crippen MR) is 51.5 cm³/mol. The van der Waals surface area contributed by atoms with E-state index in [1.165, 1.54) is 0 Å². The van der Waals surface area contributed by atoms with E-state index in [9.17, 15) is 4.79 Å². The van der Waals surface area contributed by atoms with Crippen LogP contribution in [-0.2, 0) is 9.53 Å². The zero-order chi connectivity index (χ0) is 9.52. The molecule has 1 aliphatic carbocycles. The molecule has 0 amide bonds. The molecule has 1 aliphatic rings. The zero-order valence-corrected chi connectivity index (χ0v) is 8.34. The summed E-state index contributed by atoms with van der Waals surface area (Å²) in [5.41, 5.74) is 0. The third-order valence-corrected chi connectivity index (χ3v) is 2.08. The average molecular weight is 185 g/mol. The van der Waals surface area contributed by atoms with Gasteiger partial charge < -0.3 is 10.1 Å². The number of carbonyl (C=O) groups excluding carboxylic acids is 1. The lowest BCUT2D eigenvalue weighted by Gasteiger charge is -2.04. The van der Waals surface area contributed by atoms with Gasteiger partial charge in [0.25, 0.3) is 0 Å². The Morgan fingerprint density at radius 2 is 2.23 bits per heavy atom. The molecule has 0 aromatic carbocycles. The summed E-state index contributed by atoms with van der Waals surface area (Å²) in [5.74, 6) is 0.249. The number of carbonyl (C=O) groups is 1. The van der Waals surface area contributed by atoms with Crippen LogP contribution in [-0.4, -0.2) is 25.7 Å². The van der Waals surface area contributed by atoms with Gasteiger partial charge >= 0.3 is 5.97 Å². The van der Waals surface area contributed by atoms with Crippen molar-refractivity contribution in [2.45, 2.75) is 32.6 Å². The molecule has 0 radical (unpaired) electrons. The second-order valence-electron chi connectivity index (χ2n) is 3.55. The maximum atomic E-state index is 11.1. The topological polar surface area (TPSA) is 38.3 Å². The Kier molecular flexibility index (Phi) is 4.83. The Bertz CT molecular complexity index is 155. The van der Waals surface area contributed by atoms with Crippen molar-refractivity contribution >= 4 is 5.97 Å². The second kappa shape index (κ2) is 5.97. The molecule has 1 saturated carbocycles. The smallest absolute Gasteiger partial charge is 0.308 e. The molecule has 0 aliphatic heterocycles. The van der Waals surface area contributed by atoms with Crippen molar-refractivity contribution in [3.8, 4) is 0 Å². The van der Waals surface area contributed by atoms with Gasteiger partial charge in [0.15, 0.2) is 0 Å². The van der Waals surface area contributed by atoms with E-state index in [2.05, 4.69) is 12.2 Å². The van der Waals surface area contributed by atoms with Crippen LogP contribution in [0, 0.1) is 5.92 Å². The molecular formula is C10H19NO2. The lowest BCUT2D eigenvalue weighted by molar-refractivity contribution is -0.145. The molecule has 1 fully saturated rings. The van der Waals surface area contributed by atoms with Crippen molar-refractivity contribution < 1.29 is 9.53 Å². The number of ether oxygens (including phenoxy) is 1. The van der Waals surface area contributed by atoms with Gasteiger partial charge in [-0.2, -0.15) is 0 Å². The summed E-state index contributed by atoms with van der Waals surface area (Å²) in [4.78, 5) is 11.1. The molecule has 0 bridgehead atoms. The highest BCUT2D eigenvalue weighted by Crippen LogP contribution is 2.29. The van der Waals surface area contributed by atoms with Gasteiger partial charge in [-0.3, -0.25) is 4.79 Å². The maximum absolute atomic E-state index is 11.1. The van der Waals surface area contributed by atoms with E-state index in [1.807, 2.05) is 0 Å². The van der Waals surface area contributed by atoms with E-state index >= 15 is 0 Å².